The molecule has 0 spiro atoms. The molecular weight excluding hydrogens is 417 g/mol. The summed E-state index contributed by atoms with van der Waals surface area (Å²) in [6.07, 6.45) is 4.53. The highest BCUT2D eigenvalue weighted by Crippen LogP contribution is 2.26. The minimum atomic E-state index is -0.850. The van der Waals surface area contributed by atoms with E-state index in [0.717, 1.165) is 10.7 Å². The van der Waals surface area contributed by atoms with E-state index >= 15 is 0 Å². The number of imide groups is 1. The summed E-state index contributed by atoms with van der Waals surface area (Å²) in [5.74, 6) is -0.626. The van der Waals surface area contributed by atoms with Crippen LogP contribution in [0.2, 0.25) is 0 Å². The number of carbonyl (C=O) groups is 3. The Hall–Kier alpha value is -1.09. The highest BCUT2D eigenvalue weighted by Gasteiger charge is 2.43. The Morgan fingerprint density at radius 2 is 1.68 bits per heavy atom. The van der Waals surface area contributed by atoms with Crippen LogP contribution < -0.4 is 24.0 Å². The van der Waals surface area contributed by atoms with E-state index in [1.165, 1.54) is 7.11 Å². The lowest BCUT2D eigenvalue weighted by atomic mass is 10.1. The second-order valence-corrected chi connectivity index (χ2v) is 7.42. The molecule has 7 heteroatoms. The van der Waals surface area contributed by atoms with Crippen LogP contribution in [-0.2, 0) is 20.4 Å². The standard InChI is InChI=1S/C15H18NO4S.HI/c1-20-15(19)12(8-9-21(2)3)16-13(17)10-6-4-5-7-11(10)14(16)18;/h4-7,12H,8-9H2,1-3H3;1H/q+1;/p-1. The lowest BCUT2D eigenvalue weighted by Gasteiger charge is -2.23. The molecule has 0 fully saturated rings. The van der Waals surface area contributed by atoms with Crippen LogP contribution in [0.3, 0.4) is 0 Å². The van der Waals surface area contributed by atoms with Crippen LogP contribution in [0.25, 0.3) is 0 Å². The number of amides is 2. The zero-order chi connectivity index (χ0) is 15.6. The summed E-state index contributed by atoms with van der Waals surface area (Å²) >= 11 is 0. The maximum Gasteiger partial charge on any atom is 0.329 e. The Kier molecular flexibility index (Phi) is 6.86. The van der Waals surface area contributed by atoms with Gasteiger partial charge >= 0.3 is 5.97 Å². The number of rotatable bonds is 5. The molecule has 1 heterocycles. The molecule has 22 heavy (non-hydrogen) atoms. The van der Waals surface area contributed by atoms with Crippen LogP contribution >= 0.6 is 0 Å². The van der Waals surface area contributed by atoms with Gasteiger partial charge in [-0.05, 0) is 23.0 Å². The number of halogens is 1. The highest BCUT2D eigenvalue weighted by atomic mass is 127. The third kappa shape index (κ3) is 3.62. The summed E-state index contributed by atoms with van der Waals surface area (Å²) in [6, 6.07) is 5.77. The first-order valence-electron chi connectivity index (χ1n) is 6.56. The van der Waals surface area contributed by atoms with Crippen LogP contribution in [-0.4, -0.2) is 54.1 Å². The third-order valence-corrected chi connectivity index (χ3v) is 4.46. The monoisotopic (exact) mass is 435 g/mol. The Morgan fingerprint density at radius 3 is 2.09 bits per heavy atom. The Labute approximate surface area is 149 Å². The first-order chi connectivity index (χ1) is 9.97. The second-order valence-electron chi connectivity index (χ2n) is 5.04. The van der Waals surface area contributed by atoms with Gasteiger partial charge in [0.05, 0.1) is 30.7 Å². The summed E-state index contributed by atoms with van der Waals surface area (Å²) in [4.78, 5) is 37.9. The van der Waals surface area contributed by atoms with Gasteiger partial charge in [0.1, 0.15) is 11.8 Å². The number of hydrogen-bond acceptors (Lipinski definition) is 4. The van der Waals surface area contributed by atoms with Crippen molar-refractivity contribution in [2.75, 3.05) is 25.4 Å². The van der Waals surface area contributed by atoms with Crippen molar-refractivity contribution in [3.63, 3.8) is 0 Å². The van der Waals surface area contributed by atoms with Crippen molar-refractivity contribution in [3.05, 3.63) is 35.4 Å². The van der Waals surface area contributed by atoms with Crippen LogP contribution in [0.5, 0.6) is 0 Å². The maximum absolute atomic E-state index is 12.4. The number of nitrogens with zero attached hydrogens (tertiary/aromatic N) is 1. The predicted octanol–water partition coefficient (Wildman–Crippen LogP) is -1.90. The van der Waals surface area contributed by atoms with Crippen LogP contribution in [0.15, 0.2) is 24.3 Å². The number of methoxy groups -OCH3 is 1. The molecule has 0 saturated carbocycles. The van der Waals surface area contributed by atoms with Gasteiger partial charge < -0.3 is 28.7 Å². The molecule has 0 aromatic heterocycles. The van der Waals surface area contributed by atoms with Crippen molar-refractivity contribution in [3.8, 4) is 0 Å². The van der Waals surface area contributed by atoms with Gasteiger partial charge in [0.15, 0.2) is 0 Å². The van der Waals surface area contributed by atoms with Gasteiger partial charge in [-0.25, -0.2) is 4.79 Å². The molecule has 2 amide bonds. The van der Waals surface area contributed by atoms with E-state index in [1.54, 1.807) is 24.3 Å². The van der Waals surface area contributed by atoms with Crippen LogP contribution in [0, 0.1) is 0 Å². The van der Waals surface area contributed by atoms with Crippen molar-refractivity contribution in [1.29, 1.82) is 0 Å². The quantitative estimate of drug-likeness (QED) is 0.235. The molecule has 1 aliphatic heterocycles. The highest BCUT2D eigenvalue weighted by molar-refractivity contribution is 7.95. The van der Waals surface area contributed by atoms with Gasteiger partial charge in [0.2, 0.25) is 0 Å². The van der Waals surface area contributed by atoms with Gasteiger partial charge in [0, 0.05) is 6.42 Å². The summed E-state index contributed by atoms with van der Waals surface area (Å²) < 4.78 is 4.77. The molecule has 1 aromatic rings. The van der Waals surface area contributed by atoms with Gasteiger partial charge in [-0.15, -0.1) is 0 Å². The predicted molar refractivity (Wildman–Crippen MR) is 81.4 cm³/mol. The van der Waals surface area contributed by atoms with Gasteiger partial charge in [0.25, 0.3) is 11.8 Å². The molecule has 2 rings (SSSR count). The average Bonchev–Trinajstić information content (AvgIpc) is 2.72. The Bertz CT molecular complexity index is 556. The second kappa shape index (κ2) is 7.96. The zero-order valence-corrected chi connectivity index (χ0v) is 15.6. The smallest absolute Gasteiger partial charge is 0.329 e. The van der Waals surface area contributed by atoms with Crippen molar-refractivity contribution < 1.29 is 43.1 Å². The number of carbonyl (C=O) groups excluding carboxylic acids is 3. The molecule has 1 atom stereocenters. The van der Waals surface area contributed by atoms with E-state index < -0.39 is 23.8 Å². The molecule has 120 valence electrons. The molecule has 0 N–H and O–H groups in total. The summed E-state index contributed by atoms with van der Waals surface area (Å²) in [5.41, 5.74) is 0.701. The van der Waals surface area contributed by atoms with E-state index in [9.17, 15) is 14.4 Å². The Morgan fingerprint density at radius 1 is 1.18 bits per heavy atom. The third-order valence-electron chi connectivity index (χ3n) is 3.41. The molecule has 0 bridgehead atoms. The zero-order valence-electron chi connectivity index (χ0n) is 12.7. The number of hydrogen-bond donors (Lipinski definition) is 0. The fraction of sp³-hybridized carbons (Fsp3) is 0.400. The first kappa shape index (κ1) is 19.0. The molecule has 0 radical (unpaired) electrons. The number of ether oxygens (including phenoxy) is 1. The van der Waals surface area contributed by atoms with Crippen LogP contribution in [0.4, 0.5) is 0 Å². The van der Waals surface area contributed by atoms with E-state index in [2.05, 4.69) is 12.5 Å². The normalized spacial score (nSPS) is 14.6. The molecule has 0 aliphatic carbocycles. The van der Waals surface area contributed by atoms with Crippen molar-refractivity contribution >= 4 is 28.7 Å². The van der Waals surface area contributed by atoms with E-state index in [4.69, 9.17) is 4.74 Å². The molecule has 1 unspecified atom stereocenters. The van der Waals surface area contributed by atoms with Gasteiger partial charge in [-0.2, -0.15) is 0 Å². The molecule has 1 aliphatic rings. The Balaban J connectivity index is 0.00000242. The van der Waals surface area contributed by atoms with E-state index in [1.807, 2.05) is 0 Å². The van der Waals surface area contributed by atoms with E-state index in [0.29, 0.717) is 17.5 Å². The topological polar surface area (TPSA) is 63.7 Å². The van der Waals surface area contributed by atoms with Crippen LogP contribution in [0.1, 0.15) is 27.1 Å². The number of benzene rings is 1. The fourth-order valence-electron chi connectivity index (χ4n) is 2.33. The minimum absolute atomic E-state index is 0. The molecule has 1 aromatic carbocycles. The summed E-state index contributed by atoms with van der Waals surface area (Å²) in [5, 5.41) is 0. The van der Waals surface area contributed by atoms with Crippen molar-refractivity contribution in [1.82, 2.24) is 4.90 Å². The molecule has 0 saturated heterocycles. The average molecular weight is 435 g/mol. The number of esters is 1. The fourth-order valence-corrected chi connectivity index (χ4v) is 3.02. The molecule has 5 nitrogen and oxygen atoms in total. The largest absolute Gasteiger partial charge is 1.00 e. The molecular formula is C15H18INO4S. The SMILES string of the molecule is COC(=O)C(CC[S+](C)C)N1C(=O)c2ccccc2C1=O.[I-]. The van der Waals surface area contributed by atoms with Crippen molar-refractivity contribution in [2.45, 2.75) is 12.5 Å². The lowest BCUT2D eigenvalue weighted by molar-refractivity contribution is -0.145. The minimum Gasteiger partial charge on any atom is -1.00 e. The lowest BCUT2D eigenvalue weighted by Crippen LogP contribution is -3.00. The summed E-state index contributed by atoms with van der Waals surface area (Å²) in [6.45, 7) is 0. The first-order valence-corrected chi connectivity index (χ1v) is 8.77. The van der Waals surface area contributed by atoms with E-state index in [-0.39, 0.29) is 34.9 Å². The summed E-state index contributed by atoms with van der Waals surface area (Å²) in [7, 11) is 1.38. The number of fused-ring (bicyclic) bond motifs is 1. The van der Waals surface area contributed by atoms with Gasteiger partial charge in [-0.3, -0.25) is 14.5 Å². The maximum atomic E-state index is 12.4. The van der Waals surface area contributed by atoms with Crippen molar-refractivity contribution in [2.24, 2.45) is 0 Å². The van der Waals surface area contributed by atoms with Gasteiger partial charge in [-0.1, -0.05) is 12.1 Å².